The molecule has 0 saturated carbocycles. The molecule has 0 amide bonds. The maximum absolute atomic E-state index is 13.9. The molecule has 0 heterocycles. The smallest absolute Gasteiger partial charge is 0.243 e. The minimum atomic E-state index is -4.08. The highest BCUT2D eigenvalue weighted by Crippen LogP contribution is 2.31. The molecule has 0 radical (unpaired) electrons. The molecule has 0 aliphatic rings. The summed E-state index contributed by atoms with van der Waals surface area (Å²) in [5.74, 6) is 0. The minimum absolute atomic E-state index is 0.107. The Bertz CT molecular complexity index is 1470. The van der Waals surface area contributed by atoms with E-state index in [4.69, 9.17) is 20.5 Å². The summed E-state index contributed by atoms with van der Waals surface area (Å²) in [6.07, 6.45) is 4.10. The molecule has 0 atom stereocenters. The van der Waals surface area contributed by atoms with E-state index in [9.17, 15) is 16.8 Å². The van der Waals surface area contributed by atoms with Crippen molar-refractivity contribution in [1.82, 2.24) is 8.61 Å². The lowest BCUT2D eigenvalue weighted by Gasteiger charge is -2.23. The lowest BCUT2D eigenvalue weighted by atomic mass is 10.1. The number of rotatable bonds is 20. The molecule has 2 rings (SSSR count). The van der Waals surface area contributed by atoms with Crippen molar-refractivity contribution < 1.29 is 26.3 Å². The van der Waals surface area contributed by atoms with E-state index in [2.05, 4.69) is 20.1 Å². The Hall–Kier alpha value is -3.46. The van der Waals surface area contributed by atoms with Gasteiger partial charge in [0.25, 0.3) is 0 Å². The summed E-state index contributed by atoms with van der Waals surface area (Å²) >= 11 is 0. The molecule has 240 valence electrons. The van der Waals surface area contributed by atoms with E-state index in [1.807, 2.05) is 27.7 Å². The first-order chi connectivity index (χ1) is 21.1. The van der Waals surface area contributed by atoms with Gasteiger partial charge in [-0.25, -0.2) is 16.8 Å². The van der Waals surface area contributed by atoms with Crippen LogP contribution in [0.3, 0.4) is 0 Å². The molecule has 2 aromatic rings. The summed E-state index contributed by atoms with van der Waals surface area (Å²) in [6, 6.07) is 8.51. The fourth-order valence-corrected chi connectivity index (χ4v) is 7.72. The second kappa shape index (κ2) is 18.4. The first-order valence-corrected chi connectivity index (χ1v) is 17.2. The van der Waals surface area contributed by atoms with Crippen molar-refractivity contribution >= 4 is 43.6 Å². The lowest BCUT2D eigenvalue weighted by molar-refractivity contribution is 0.134. The van der Waals surface area contributed by atoms with Crippen LogP contribution >= 0.6 is 0 Å². The largest absolute Gasteiger partial charge is 0.380 e. The molecule has 0 saturated heterocycles. The summed E-state index contributed by atoms with van der Waals surface area (Å²) in [7, 11) is -8.17. The number of benzene rings is 2. The molecule has 0 unspecified atom stereocenters. The lowest BCUT2D eigenvalue weighted by Crippen LogP contribution is -2.35. The van der Waals surface area contributed by atoms with Gasteiger partial charge in [-0.15, -0.1) is 0 Å². The Balaban J connectivity index is 2.72. The average Bonchev–Trinajstić information content (AvgIpc) is 3.00. The molecule has 0 aromatic heterocycles. The van der Waals surface area contributed by atoms with E-state index in [0.717, 1.165) is 0 Å². The van der Waals surface area contributed by atoms with Crippen molar-refractivity contribution in [1.29, 1.82) is 0 Å². The van der Waals surface area contributed by atoms with Crippen LogP contribution in [-0.4, -0.2) is 78.1 Å². The zero-order valence-corrected chi connectivity index (χ0v) is 27.2. The third-order valence-corrected chi connectivity index (χ3v) is 10.2. The molecule has 16 heteroatoms. The molecule has 0 N–H and O–H groups in total. The first-order valence-electron chi connectivity index (χ1n) is 14.3. The van der Waals surface area contributed by atoms with E-state index in [-0.39, 0.29) is 71.7 Å². The number of hydrogen-bond acceptors (Lipinski definition) is 8. The monoisotopic (exact) mass is 648 g/mol. The fourth-order valence-electron chi connectivity index (χ4n) is 4.28. The van der Waals surface area contributed by atoms with E-state index >= 15 is 0 Å². The summed E-state index contributed by atoms with van der Waals surface area (Å²) < 4.78 is 68.9. The van der Waals surface area contributed by atoms with Crippen LogP contribution in [-0.2, 0) is 29.5 Å². The van der Waals surface area contributed by atoms with Gasteiger partial charge in [0.1, 0.15) is 0 Å². The molecular formula is C28H40N8O6S2. The van der Waals surface area contributed by atoms with E-state index < -0.39 is 20.0 Å². The Morgan fingerprint density at radius 1 is 0.682 bits per heavy atom. The number of ether oxygens (including phenoxy) is 2. The summed E-state index contributed by atoms with van der Waals surface area (Å²) in [4.78, 5) is 5.34. The second-order valence-corrected chi connectivity index (χ2v) is 13.2. The van der Waals surface area contributed by atoms with Crippen molar-refractivity contribution in [3.63, 3.8) is 0 Å². The van der Waals surface area contributed by atoms with Gasteiger partial charge in [0.2, 0.25) is 20.0 Å². The Morgan fingerprint density at radius 2 is 1.07 bits per heavy atom. The Kier molecular flexibility index (Phi) is 15.3. The van der Waals surface area contributed by atoms with Crippen LogP contribution in [0.5, 0.6) is 0 Å². The maximum atomic E-state index is 13.9. The van der Waals surface area contributed by atoms with Crippen LogP contribution in [0, 0.1) is 0 Å². The van der Waals surface area contributed by atoms with Gasteiger partial charge in [0, 0.05) is 60.6 Å². The molecule has 0 aliphatic heterocycles. The van der Waals surface area contributed by atoms with Crippen LogP contribution in [0.4, 0.5) is 11.4 Å². The molecule has 0 bridgehead atoms. The number of nitrogens with zero attached hydrogens (tertiary/aromatic N) is 8. The van der Waals surface area contributed by atoms with E-state index in [1.165, 1.54) is 57.2 Å². The zero-order valence-electron chi connectivity index (χ0n) is 25.5. The molecule has 0 spiro atoms. The van der Waals surface area contributed by atoms with Crippen LogP contribution < -0.4 is 0 Å². The number of hydrogen-bond donors (Lipinski definition) is 0. The molecule has 0 fully saturated rings. The highest BCUT2D eigenvalue weighted by Gasteiger charge is 2.28. The van der Waals surface area contributed by atoms with Crippen molar-refractivity contribution in [3.8, 4) is 0 Å². The van der Waals surface area contributed by atoms with Crippen LogP contribution in [0.1, 0.15) is 51.7 Å². The van der Waals surface area contributed by atoms with E-state index in [0.29, 0.717) is 26.1 Å². The van der Waals surface area contributed by atoms with E-state index in [1.54, 1.807) is 0 Å². The molecule has 14 nitrogen and oxygen atoms in total. The predicted octanol–water partition coefficient (Wildman–Crippen LogP) is 6.62. The SMILES string of the molecule is CCCN(CCOCC)S(=O)(=O)c1cc(N=[N+]=[N-])ccc1/C=C/c1ccc(N=[N+]=[N-])cc1S(=O)(=O)N(CCC)CCOCC. The molecule has 0 aliphatic carbocycles. The fraction of sp³-hybridized carbons (Fsp3) is 0.500. The van der Waals surface area contributed by atoms with Crippen molar-refractivity contribution in [2.24, 2.45) is 10.2 Å². The van der Waals surface area contributed by atoms with Gasteiger partial charge in [-0.2, -0.15) is 8.61 Å². The van der Waals surface area contributed by atoms with Crippen molar-refractivity contribution in [2.45, 2.75) is 50.3 Å². The first kappa shape index (κ1) is 36.7. The third kappa shape index (κ3) is 10.0. The van der Waals surface area contributed by atoms with Gasteiger partial charge in [-0.3, -0.25) is 0 Å². The van der Waals surface area contributed by atoms with Crippen LogP contribution in [0.25, 0.3) is 33.0 Å². The van der Waals surface area contributed by atoms with Crippen LogP contribution in [0.15, 0.2) is 56.4 Å². The third-order valence-electron chi connectivity index (χ3n) is 6.32. The standard InChI is InChI=1S/C28H40N8O6S2/c1-5-15-35(17-19-41-7-3)43(37,38)27-21-25(31-33-29)13-11-23(27)9-10-24-12-14-26(32-34-30)22-28(24)44(39,40)36(16-6-2)18-20-42-8-4/h9-14,21-22H,5-8,15-20H2,1-4H3/b10-9+. The maximum Gasteiger partial charge on any atom is 0.243 e. The second-order valence-electron chi connectivity index (χ2n) is 9.36. The Morgan fingerprint density at radius 3 is 1.39 bits per heavy atom. The zero-order chi connectivity index (χ0) is 32.6. The predicted molar refractivity (Wildman–Crippen MR) is 171 cm³/mol. The normalized spacial score (nSPS) is 12.0. The van der Waals surface area contributed by atoms with Crippen molar-refractivity contribution in [2.75, 3.05) is 52.6 Å². The molecular weight excluding hydrogens is 608 g/mol. The topological polar surface area (TPSA) is 191 Å². The minimum Gasteiger partial charge on any atom is -0.380 e. The quantitative estimate of drug-likeness (QED) is 0.0509. The number of sulfonamides is 2. The average molecular weight is 649 g/mol. The highest BCUT2D eigenvalue weighted by molar-refractivity contribution is 7.89. The summed E-state index contributed by atoms with van der Waals surface area (Å²) in [5.41, 5.74) is 18.6. The number of azide groups is 2. The summed E-state index contributed by atoms with van der Waals surface area (Å²) in [6.45, 7) is 9.35. The van der Waals surface area contributed by atoms with Gasteiger partial charge in [-0.05, 0) is 61.0 Å². The van der Waals surface area contributed by atoms with Gasteiger partial charge in [0.15, 0.2) is 0 Å². The highest BCUT2D eigenvalue weighted by atomic mass is 32.2. The van der Waals surface area contributed by atoms with Crippen molar-refractivity contribution in [3.05, 3.63) is 68.4 Å². The van der Waals surface area contributed by atoms with Crippen LogP contribution in [0.2, 0.25) is 0 Å². The van der Waals surface area contributed by atoms with Gasteiger partial charge < -0.3 is 9.47 Å². The van der Waals surface area contributed by atoms with Gasteiger partial charge >= 0.3 is 0 Å². The molecule has 2 aromatic carbocycles. The molecule has 44 heavy (non-hydrogen) atoms. The van der Waals surface area contributed by atoms with Gasteiger partial charge in [-0.1, -0.05) is 60.5 Å². The van der Waals surface area contributed by atoms with Gasteiger partial charge in [0.05, 0.1) is 23.0 Å². The Labute approximate surface area is 259 Å². The summed E-state index contributed by atoms with van der Waals surface area (Å²) in [5, 5.41) is 7.15.